The van der Waals surface area contributed by atoms with Crippen molar-refractivity contribution in [2.45, 2.75) is 26.7 Å². The zero-order chi connectivity index (χ0) is 25.9. The number of hydrogen-bond donors (Lipinski definition) is 0. The summed E-state index contributed by atoms with van der Waals surface area (Å²) in [7, 11) is 0. The van der Waals surface area contributed by atoms with Crippen LogP contribution in [0.1, 0.15) is 24.5 Å². The fraction of sp³-hybridized carbons (Fsp3) is 0.261. The lowest BCUT2D eigenvalue weighted by atomic mass is 10.0. The van der Waals surface area contributed by atoms with E-state index in [0.29, 0.717) is 16.5 Å². The molecule has 0 radical (unpaired) electrons. The second-order valence-electron chi connectivity index (χ2n) is 7.17. The van der Waals surface area contributed by atoms with E-state index in [1.54, 1.807) is 13.8 Å². The van der Waals surface area contributed by atoms with Crippen molar-refractivity contribution in [3.8, 4) is 11.5 Å². The van der Waals surface area contributed by atoms with Crippen molar-refractivity contribution in [2.24, 2.45) is 0 Å². The fourth-order valence-electron chi connectivity index (χ4n) is 3.15. The van der Waals surface area contributed by atoms with Crippen LogP contribution in [0.4, 0.5) is 22.0 Å². The van der Waals surface area contributed by atoms with Crippen molar-refractivity contribution in [3.05, 3.63) is 68.8 Å². The zero-order valence-corrected chi connectivity index (χ0v) is 18.3. The Morgan fingerprint density at radius 3 is 2.17 bits per heavy atom. The zero-order valence-electron chi connectivity index (χ0n) is 18.3. The van der Waals surface area contributed by atoms with Gasteiger partial charge in [0.25, 0.3) is 0 Å². The highest BCUT2D eigenvalue weighted by molar-refractivity contribution is 5.84. The lowest BCUT2D eigenvalue weighted by Crippen LogP contribution is -2.20. The SMILES string of the molecule is CCOC(=O)CCc1cc2c(C)cc(=O)oc2cc1OC(=O)COc1c(F)c(F)c(F)c(F)c1F. The molecule has 0 amide bonds. The third-order valence-electron chi connectivity index (χ3n) is 4.76. The van der Waals surface area contributed by atoms with Gasteiger partial charge >= 0.3 is 17.6 Å². The quantitative estimate of drug-likeness (QED) is 0.114. The highest BCUT2D eigenvalue weighted by Crippen LogP contribution is 2.30. The molecule has 0 unspecified atom stereocenters. The van der Waals surface area contributed by atoms with Gasteiger partial charge in [-0.25, -0.2) is 22.8 Å². The van der Waals surface area contributed by atoms with Crippen molar-refractivity contribution in [3.63, 3.8) is 0 Å². The number of carbonyl (C=O) groups excluding carboxylic acids is 2. The molecule has 186 valence electrons. The van der Waals surface area contributed by atoms with Crippen molar-refractivity contribution in [1.82, 2.24) is 0 Å². The molecule has 3 aromatic rings. The van der Waals surface area contributed by atoms with E-state index in [2.05, 4.69) is 4.74 Å². The number of benzene rings is 2. The summed E-state index contributed by atoms with van der Waals surface area (Å²) < 4.78 is 86.9. The predicted molar refractivity (Wildman–Crippen MR) is 110 cm³/mol. The maximum atomic E-state index is 13.7. The minimum Gasteiger partial charge on any atom is -0.476 e. The van der Waals surface area contributed by atoms with E-state index in [9.17, 15) is 36.3 Å². The van der Waals surface area contributed by atoms with Crippen LogP contribution < -0.4 is 15.1 Å². The Balaban J connectivity index is 1.88. The normalized spacial score (nSPS) is 10.9. The van der Waals surface area contributed by atoms with E-state index < -0.39 is 59.0 Å². The molecule has 0 aliphatic rings. The van der Waals surface area contributed by atoms with E-state index in [4.69, 9.17) is 13.9 Å². The van der Waals surface area contributed by atoms with E-state index in [1.807, 2.05) is 0 Å². The molecule has 0 spiro atoms. The highest BCUT2D eigenvalue weighted by Gasteiger charge is 2.28. The maximum Gasteiger partial charge on any atom is 0.349 e. The molecular weight excluding hydrogens is 483 g/mol. The monoisotopic (exact) mass is 500 g/mol. The van der Waals surface area contributed by atoms with E-state index >= 15 is 0 Å². The van der Waals surface area contributed by atoms with Gasteiger partial charge in [-0.2, -0.15) is 8.78 Å². The van der Waals surface area contributed by atoms with Gasteiger partial charge < -0.3 is 18.6 Å². The summed E-state index contributed by atoms with van der Waals surface area (Å²) in [5, 5.41) is 0.487. The molecular formula is C23H17F5O7. The summed E-state index contributed by atoms with van der Waals surface area (Å²) in [6.45, 7) is 2.18. The highest BCUT2D eigenvalue weighted by atomic mass is 19.2. The second kappa shape index (κ2) is 10.5. The fourth-order valence-corrected chi connectivity index (χ4v) is 3.15. The third kappa shape index (κ3) is 5.58. The molecule has 0 saturated heterocycles. The summed E-state index contributed by atoms with van der Waals surface area (Å²) >= 11 is 0. The number of ether oxygens (including phenoxy) is 3. The average molecular weight is 500 g/mol. The second-order valence-corrected chi connectivity index (χ2v) is 7.17. The molecule has 0 saturated carbocycles. The molecule has 3 rings (SSSR count). The van der Waals surface area contributed by atoms with Crippen molar-refractivity contribution in [2.75, 3.05) is 13.2 Å². The van der Waals surface area contributed by atoms with E-state index in [-0.39, 0.29) is 30.8 Å². The first-order valence-corrected chi connectivity index (χ1v) is 10.1. The number of fused-ring (bicyclic) bond motifs is 1. The number of rotatable bonds is 8. The van der Waals surface area contributed by atoms with Gasteiger partial charge in [-0.05, 0) is 37.5 Å². The molecule has 0 N–H and O–H groups in total. The van der Waals surface area contributed by atoms with Crippen LogP contribution in [-0.4, -0.2) is 25.2 Å². The molecule has 35 heavy (non-hydrogen) atoms. The van der Waals surface area contributed by atoms with Gasteiger partial charge in [-0.3, -0.25) is 4.79 Å². The molecule has 2 aromatic carbocycles. The molecule has 1 heterocycles. The van der Waals surface area contributed by atoms with Gasteiger partial charge in [0, 0.05) is 23.9 Å². The summed E-state index contributed by atoms with van der Waals surface area (Å²) in [6.07, 6.45) is -0.0603. The number of aryl methyl sites for hydroxylation is 2. The lowest BCUT2D eigenvalue weighted by molar-refractivity contribution is -0.143. The molecule has 0 bridgehead atoms. The van der Waals surface area contributed by atoms with Crippen LogP contribution >= 0.6 is 0 Å². The topological polar surface area (TPSA) is 92.0 Å². The Morgan fingerprint density at radius 2 is 1.54 bits per heavy atom. The summed E-state index contributed by atoms with van der Waals surface area (Å²) in [5.41, 5.74) is 0.216. The van der Waals surface area contributed by atoms with Gasteiger partial charge in [0.2, 0.25) is 29.1 Å². The van der Waals surface area contributed by atoms with Gasteiger partial charge in [0.15, 0.2) is 12.4 Å². The maximum absolute atomic E-state index is 13.7. The molecule has 0 fully saturated rings. The van der Waals surface area contributed by atoms with Gasteiger partial charge in [0.05, 0.1) is 6.61 Å². The third-order valence-corrected chi connectivity index (χ3v) is 4.76. The minimum atomic E-state index is -2.38. The van der Waals surface area contributed by atoms with Crippen LogP contribution in [0.25, 0.3) is 11.0 Å². The summed E-state index contributed by atoms with van der Waals surface area (Å²) in [5.74, 6) is -15.0. The summed E-state index contributed by atoms with van der Waals surface area (Å²) in [4.78, 5) is 35.7. The minimum absolute atomic E-state index is 0.0362. The lowest BCUT2D eigenvalue weighted by Gasteiger charge is -2.13. The largest absolute Gasteiger partial charge is 0.476 e. The Labute approximate surface area is 194 Å². The van der Waals surface area contributed by atoms with E-state index in [0.717, 1.165) is 0 Å². The Morgan fingerprint density at radius 1 is 0.914 bits per heavy atom. The number of hydrogen-bond acceptors (Lipinski definition) is 7. The molecule has 0 atom stereocenters. The van der Waals surface area contributed by atoms with Crippen LogP contribution in [0, 0.1) is 36.0 Å². The number of halogens is 5. The molecule has 12 heteroatoms. The first kappa shape index (κ1) is 25.7. The smallest absolute Gasteiger partial charge is 0.349 e. The van der Waals surface area contributed by atoms with Crippen molar-refractivity contribution in [1.29, 1.82) is 0 Å². The van der Waals surface area contributed by atoms with Crippen LogP contribution in [0.3, 0.4) is 0 Å². The first-order chi connectivity index (χ1) is 16.5. The van der Waals surface area contributed by atoms with Crippen LogP contribution in [0.5, 0.6) is 11.5 Å². The van der Waals surface area contributed by atoms with E-state index in [1.165, 1.54) is 18.2 Å². The predicted octanol–water partition coefficient (Wildman–Crippen LogP) is 4.28. The van der Waals surface area contributed by atoms with Crippen molar-refractivity contribution < 1.29 is 50.2 Å². The van der Waals surface area contributed by atoms with Crippen LogP contribution in [-0.2, 0) is 20.7 Å². The van der Waals surface area contributed by atoms with Crippen LogP contribution in [0.15, 0.2) is 27.4 Å². The number of carbonyl (C=O) groups is 2. The molecule has 7 nitrogen and oxygen atoms in total. The number of esters is 2. The van der Waals surface area contributed by atoms with Crippen molar-refractivity contribution >= 4 is 22.9 Å². The average Bonchev–Trinajstić information content (AvgIpc) is 2.80. The van der Waals surface area contributed by atoms with Gasteiger partial charge in [-0.15, -0.1) is 0 Å². The molecule has 0 aliphatic heterocycles. The van der Waals surface area contributed by atoms with Gasteiger partial charge in [-0.1, -0.05) is 0 Å². The Hall–Kier alpha value is -3.96. The molecule has 0 aliphatic carbocycles. The first-order valence-electron chi connectivity index (χ1n) is 10.1. The Kier molecular flexibility index (Phi) is 7.72. The van der Waals surface area contributed by atoms with Crippen LogP contribution in [0.2, 0.25) is 0 Å². The standard InChI is InChI=1S/C23H17F5O7/c1-3-32-15(29)5-4-11-7-12-10(2)6-16(30)35-14(12)8-13(11)34-17(31)9-33-23-21(27)19(25)18(24)20(26)22(23)28/h6-8H,3-5,9H2,1-2H3. The summed E-state index contributed by atoms with van der Waals surface area (Å²) in [6, 6.07) is 3.95. The Bertz CT molecular complexity index is 1340. The molecule has 1 aromatic heterocycles. The van der Waals surface area contributed by atoms with Gasteiger partial charge in [0.1, 0.15) is 11.3 Å².